The molecule has 1 heterocycles. The molecule has 0 aromatic heterocycles. The zero-order valence-electron chi connectivity index (χ0n) is 44.6. The molecule has 2 aromatic carbocycles. The fraction of sp³-hybridized carbons (Fsp3) is 0.549. The van der Waals surface area contributed by atoms with Crippen molar-refractivity contribution in [3.8, 4) is 5.75 Å². The molecule has 27 heteroatoms. The number of rotatable bonds is 33. The normalized spacial score (nSPS) is 16.3. The van der Waals surface area contributed by atoms with E-state index < -0.39 is 132 Å². The third-order valence-electron chi connectivity index (χ3n) is 13.1. The molecule has 0 radical (unpaired) electrons. The molecule has 0 unspecified atom stereocenters. The van der Waals surface area contributed by atoms with Gasteiger partial charge in [0.2, 0.25) is 53.2 Å². The number of hydrogen-bond donors (Lipinski definition) is 14. The van der Waals surface area contributed by atoms with E-state index in [2.05, 4.69) is 72.8 Å². The number of aliphatic imine (C=N–C) groups is 1. The van der Waals surface area contributed by atoms with Crippen LogP contribution in [0.3, 0.4) is 0 Å². The third-order valence-corrected chi connectivity index (χ3v) is 13.8. The van der Waals surface area contributed by atoms with Crippen LogP contribution in [0.15, 0.2) is 59.6 Å². The third kappa shape index (κ3) is 20.9. The summed E-state index contributed by atoms with van der Waals surface area (Å²) in [6.07, 6.45) is 0.749. The van der Waals surface area contributed by atoms with Gasteiger partial charge in [0.25, 0.3) is 0 Å². The molecule has 0 bridgehead atoms. The van der Waals surface area contributed by atoms with Gasteiger partial charge in [0, 0.05) is 36.7 Å². The second-order valence-corrected chi connectivity index (χ2v) is 19.6. The molecule has 1 aliphatic heterocycles. The van der Waals surface area contributed by atoms with E-state index in [1.165, 1.54) is 12.0 Å². The summed E-state index contributed by atoms with van der Waals surface area (Å²) in [5, 5.41) is 30.4. The summed E-state index contributed by atoms with van der Waals surface area (Å²) in [7, 11) is 1.53. The van der Waals surface area contributed by atoms with E-state index in [4.69, 9.17) is 27.0 Å². The monoisotopic (exact) mass is 1130 g/mol. The number of nitrogens with zero attached hydrogens (tertiary/aromatic N) is 2. The van der Waals surface area contributed by atoms with Crippen LogP contribution >= 0.6 is 25.3 Å². The first kappa shape index (κ1) is 65.0. The highest BCUT2D eigenvalue weighted by Gasteiger charge is 2.40. The second-order valence-electron chi connectivity index (χ2n) is 18.9. The number of thiol groups is 2. The highest BCUT2D eigenvalue weighted by molar-refractivity contribution is 7.80. The first-order valence-corrected chi connectivity index (χ1v) is 27.0. The minimum Gasteiger partial charge on any atom is -0.497 e. The summed E-state index contributed by atoms with van der Waals surface area (Å²) in [6, 6.07) is 5.57. The lowest BCUT2D eigenvalue weighted by atomic mass is 9.95. The summed E-state index contributed by atoms with van der Waals surface area (Å²) in [4.78, 5) is 140. The van der Waals surface area contributed by atoms with Crippen molar-refractivity contribution < 1.29 is 57.8 Å². The molecule has 1 fully saturated rings. The molecule has 1 saturated heterocycles. The largest absolute Gasteiger partial charge is 0.497 e. The van der Waals surface area contributed by atoms with Crippen LogP contribution in [-0.2, 0) is 54.4 Å². The van der Waals surface area contributed by atoms with Crippen molar-refractivity contribution in [1.82, 2.24) is 42.1 Å². The van der Waals surface area contributed by atoms with Gasteiger partial charge in [-0.2, -0.15) is 25.3 Å². The summed E-state index contributed by atoms with van der Waals surface area (Å²) >= 11 is 8.67. The second kappa shape index (κ2) is 33.1. The molecule has 2 aromatic rings. The van der Waals surface area contributed by atoms with E-state index in [-0.39, 0.29) is 56.2 Å². The van der Waals surface area contributed by atoms with Crippen LogP contribution in [0.4, 0.5) is 5.69 Å². The van der Waals surface area contributed by atoms with E-state index in [0.717, 1.165) is 0 Å². The number of guanidine groups is 1. The minimum absolute atomic E-state index is 0.00645. The SMILES string of the molecule is CC[C@H](C)[C@H](NC(=O)[C@H](Cc1ccccc1)NC(=O)[C@H](NC(=O)[C@H](CS)Nc1ccc(OC)cc1)[C@@H](C)CC)C(=O)N[C@@H](CC(N)=O)C(=O)N[C@@H](CS)C(=O)N1CCC[C@H]1C(=O)N[C@@H](CCCN=C(N)N)C(=O)NCC(=O)O. The molecule has 15 N–H and O–H groups in total. The molecular formula is C51H77N13O12S2. The number of nitrogens with two attached hydrogens (primary N) is 3. The molecule has 78 heavy (non-hydrogen) atoms. The van der Waals surface area contributed by atoms with Crippen molar-refractivity contribution >= 4 is 96.0 Å². The average Bonchev–Trinajstić information content (AvgIpc) is 3.94. The zero-order valence-corrected chi connectivity index (χ0v) is 46.4. The number of ether oxygens (including phenoxy) is 1. The van der Waals surface area contributed by atoms with E-state index in [9.17, 15) is 47.9 Å². The molecule has 9 amide bonds. The van der Waals surface area contributed by atoms with Gasteiger partial charge in [-0.1, -0.05) is 70.9 Å². The molecular weight excluding hydrogens is 1050 g/mol. The molecule has 1 aliphatic rings. The Hall–Kier alpha value is -7.29. The lowest BCUT2D eigenvalue weighted by Crippen LogP contribution is -2.62. The molecule has 0 aliphatic carbocycles. The van der Waals surface area contributed by atoms with Crippen molar-refractivity contribution in [2.75, 3.05) is 43.6 Å². The van der Waals surface area contributed by atoms with Crippen molar-refractivity contribution in [2.45, 2.75) is 127 Å². The number of hydrogen-bond acceptors (Lipinski definition) is 15. The zero-order chi connectivity index (χ0) is 58.1. The van der Waals surface area contributed by atoms with E-state index in [0.29, 0.717) is 36.3 Å². The molecule has 430 valence electrons. The average molecular weight is 1130 g/mol. The van der Waals surface area contributed by atoms with Crippen LogP contribution in [0.1, 0.15) is 78.2 Å². The lowest BCUT2D eigenvalue weighted by molar-refractivity contribution is -0.142. The number of likely N-dealkylation sites (tertiary alicyclic amines) is 1. The maximum Gasteiger partial charge on any atom is 0.322 e. The smallest absolute Gasteiger partial charge is 0.322 e. The van der Waals surface area contributed by atoms with Gasteiger partial charge in [-0.05, 0) is 67.3 Å². The van der Waals surface area contributed by atoms with Gasteiger partial charge in [0.15, 0.2) is 5.96 Å². The Labute approximate surface area is 465 Å². The van der Waals surface area contributed by atoms with Gasteiger partial charge < -0.3 is 74.5 Å². The highest BCUT2D eigenvalue weighted by Crippen LogP contribution is 2.21. The number of anilines is 1. The fourth-order valence-corrected chi connectivity index (χ4v) is 8.78. The van der Waals surface area contributed by atoms with Crippen molar-refractivity contribution in [3.05, 3.63) is 60.2 Å². The minimum atomic E-state index is -1.68. The van der Waals surface area contributed by atoms with Gasteiger partial charge in [-0.3, -0.25) is 52.9 Å². The van der Waals surface area contributed by atoms with E-state index in [1.807, 2.05) is 6.92 Å². The number of aliphatic carboxylic acids is 1. The number of carboxylic acid groups (broad SMARTS) is 1. The van der Waals surface area contributed by atoms with Gasteiger partial charge in [0.1, 0.15) is 60.6 Å². The first-order chi connectivity index (χ1) is 37.1. The summed E-state index contributed by atoms with van der Waals surface area (Å²) in [5.41, 5.74) is 17.6. The summed E-state index contributed by atoms with van der Waals surface area (Å²) in [6.45, 7) is 6.49. The molecule has 3 rings (SSSR count). The Bertz CT molecular complexity index is 2400. The Morgan fingerprint density at radius 1 is 0.705 bits per heavy atom. The lowest BCUT2D eigenvalue weighted by Gasteiger charge is -2.31. The Morgan fingerprint density at radius 2 is 1.26 bits per heavy atom. The standard InChI is InChI=1S/C51H77N13O12S2/c1-6-28(3)41(62-45(70)34(23-30-13-9-8-10-14-30)59-48(73)42(29(4)7-2)63-46(71)36(26-77)57-31-17-19-32(76-5)20-18-31)49(74)60-35(24-39(52)65)44(69)61-37(27-78)50(75)64-22-12-16-38(64)47(72)58-33(15-11-21-55-51(53)54)43(68)56-25-40(66)67/h8-10,13-14,17-20,28-29,33-38,41-42,57,77-78H,6-7,11-12,15-16,21-27H2,1-5H3,(H2,52,65)(H,56,68)(H,58,72)(H,59,73)(H,60,74)(H,61,69)(H,62,70)(H,63,71)(H,66,67)(H4,53,54,55)/t28-,29-,33-,34-,35-,36-,37-,38-,41-,42+/m0/s1. The maximum absolute atomic E-state index is 14.5. The van der Waals surface area contributed by atoms with Crippen molar-refractivity contribution in [3.63, 3.8) is 0 Å². The number of carbonyl (C=O) groups excluding carboxylic acids is 9. The number of amides is 9. The number of methoxy groups -OCH3 is 1. The number of primary amides is 1. The number of benzene rings is 2. The fourth-order valence-electron chi connectivity index (χ4n) is 8.27. The quantitative estimate of drug-likeness (QED) is 0.0171. The van der Waals surface area contributed by atoms with Gasteiger partial charge in [-0.25, -0.2) is 0 Å². The van der Waals surface area contributed by atoms with Crippen LogP contribution in [0.25, 0.3) is 0 Å². The number of carbonyl (C=O) groups is 10. The van der Waals surface area contributed by atoms with Crippen molar-refractivity contribution in [2.24, 2.45) is 34.0 Å². The predicted octanol–water partition coefficient (Wildman–Crippen LogP) is -1.30. The van der Waals surface area contributed by atoms with Crippen LogP contribution in [-0.4, -0.2) is 162 Å². The van der Waals surface area contributed by atoms with Crippen LogP contribution in [0.2, 0.25) is 0 Å². The topological polar surface area (TPSA) is 390 Å². The first-order valence-electron chi connectivity index (χ1n) is 25.7. The molecule has 0 spiro atoms. The Morgan fingerprint density at radius 3 is 1.78 bits per heavy atom. The van der Waals surface area contributed by atoms with Crippen LogP contribution in [0, 0.1) is 11.8 Å². The van der Waals surface area contributed by atoms with Gasteiger partial charge in [-0.15, -0.1) is 0 Å². The van der Waals surface area contributed by atoms with Crippen LogP contribution < -0.4 is 64.5 Å². The Kier molecular flexibility index (Phi) is 27.6. The summed E-state index contributed by atoms with van der Waals surface area (Å²) < 4.78 is 5.22. The Balaban J connectivity index is 1.84. The highest BCUT2D eigenvalue weighted by atomic mass is 32.1. The van der Waals surface area contributed by atoms with E-state index in [1.54, 1.807) is 75.4 Å². The number of carboxylic acids is 1. The number of nitrogens with one attached hydrogen (secondary N) is 8. The molecule has 25 nitrogen and oxygen atoms in total. The van der Waals surface area contributed by atoms with Gasteiger partial charge in [0.05, 0.1) is 13.5 Å². The van der Waals surface area contributed by atoms with E-state index >= 15 is 0 Å². The predicted molar refractivity (Wildman–Crippen MR) is 298 cm³/mol. The maximum atomic E-state index is 14.5. The van der Waals surface area contributed by atoms with Crippen molar-refractivity contribution in [1.29, 1.82) is 0 Å². The van der Waals surface area contributed by atoms with Crippen LogP contribution in [0.5, 0.6) is 5.75 Å². The summed E-state index contributed by atoms with van der Waals surface area (Å²) in [5.74, 6) is -9.35. The molecule has 0 saturated carbocycles. The molecule has 10 atom stereocenters. The van der Waals surface area contributed by atoms with Gasteiger partial charge >= 0.3 is 5.97 Å².